The normalized spacial score (nSPS) is 29.8. The molecule has 0 aromatic heterocycles. The molecule has 0 bridgehead atoms. The van der Waals surface area contributed by atoms with Crippen LogP contribution < -0.4 is 0 Å². The van der Waals surface area contributed by atoms with Gasteiger partial charge in [-0.05, 0) is 43.2 Å². The molecule has 0 amide bonds. The monoisotopic (exact) mass is 259 g/mol. The van der Waals surface area contributed by atoms with Crippen LogP contribution in [0.2, 0.25) is 0 Å². The molecule has 3 heteroatoms. The van der Waals surface area contributed by atoms with Crippen molar-refractivity contribution in [3.63, 3.8) is 0 Å². The van der Waals surface area contributed by atoms with Crippen molar-refractivity contribution < 1.29 is 0 Å². The first-order valence-electron chi connectivity index (χ1n) is 6.65. The molecule has 2 fully saturated rings. The Morgan fingerprint density at radius 2 is 2.06 bits per heavy atom. The molecule has 1 saturated heterocycles. The summed E-state index contributed by atoms with van der Waals surface area (Å²) in [5, 5.41) is 0. The van der Waals surface area contributed by atoms with E-state index in [1.165, 1.54) is 56.6 Å². The molecule has 0 aromatic rings. The van der Waals surface area contributed by atoms with Crippen LogP contribution >= 0.6 is 24.4 Å². The maximum Gasteiger partial charge on any atom is 0.0191 e. The van der Waals surface area contributed by atoms with Crippen LogP contribution in [-0.2, 0) is 0 Å². The molecule has 1 unspecified atom stereocenters. The predicted molar refractivity (Wildman–Crippen MR) is 77.7 cm³/mol. The van der Waals surface area contributed by atoms with Crippen molar-refractivity contribution >= 4 is 24.4 Å². The Balaban J connectivity index is 1.89. The molecule has 1 aliphatic carbocycles. The topological polar surface area (TPSA) is 3.24 Å². The first kappa shape index (κ1) is 13.1. The van der Waals surface area contributed by atoms with Gasteiger partial charge in [0.25, 0.3) is 0 Å². The van der Waals surface area contributed by atoms with Gasteiger partial charge in [0.1, 0.15) is 0 Å². The minimum Gasteiger partial charge on any atom is -0.302 e. The summed E-state index contributed by atoms with van der Waals surface area (Å²) in [6, 6.07) is 0.837. The van der Waals surface area contributed by atoms with Gasteiger partial charge >= 0.3 is 0 Å². The van der Waals surface area contributed by atoms with Crippen molar-refractivity contribution in [2.45, 2.75) is 44.6 Å². The Morgan fingerprint density at radius 1 is 1.31 bits per heavy atom. The zero-order chi connectivity index (χ0) is 11.4. The standard InChI is InChI=1S/C13H25NS2/c1-14(12-5-8-16-9-12)10-13(11-15)6-3-2-4-7-13/h12,15H,2-11H2,1H3. The van der Waals surface area contributed by atoms with E-state index in [-0.39, 0.29) is 0 Å². The minimum absolute atomic E-state index is 0.531. The number of nitrogens with zero attached hydrogens (tertiary/aromatic N) is 1. The van der Waals surface area contributed by atoms with Gasteiger partial charge in [0, 0.05) is 18.3 Å². The summed E-state index contributed by atoms with van der Waals surface area (Å²) >= 11 is 6.75. The maximum atomic E-state index is 4.63. The molecule has 1 atom stereocenters. The molecule has 1 saturated carbocycles. The molecule has 2 aliphatic rings. The van der Waals surface area contributed by atoms with Crippen LogP contribution in [0.25, 0.3) is 0 Å². The van der Waals surface area contributed by atoms with Crippen LogP contribution in [0.15, 0.2) is 0 Å². The Hall–Kier alpha value is 0.660. The number of hydrogen-bond acceptors (Lipinski definition) is 3. The second kappa shape index (κ2) is 6.01. The summed E-state index contributed by atoms with van der Waals surface area (Å²) in [7, 11) is 2.33. The fourth-order valence-electron chi connectivity index (χ4n) is 3.20. The minimum atomic E-state index is 0.531. The first-order valence-corrected chi connectivity index (χ1v) is 8.43. The Morgan fingerprint density at radius 3 is 2.62 bits per heavy atom. The molecule has 1 aliphatic heterocycles. The Bertz CT molecular complexity index is 208. The van der Waals surface area contributed by atoms with Crippen LogP contribution in [-0.4, -0.2) is 41.8 Å². The molecular formula is C13H25NS2. The van der Waals surface area contributed by atoms with E-state index in [0.29, 0.717) is 5.41 Å². The van der Waals surface area contributed by atoms with Crippen LogP contribution in [0.4, 0.5) is 0 Å². The summed E-state index contributed by atoms with van der Waals surface area (Å²) in [6.45, 7) is 1.28. The van der Waals surface area contributed by atoms with Gasteiger partial charge in [0.2, 0.25) is 0 Å². The summed E-state index contributed by atoms with van der Waals surface area (Å²) in [5.74, 6) is 3.79. The number of thiol groups is 1. The van der Waals surface area contributed by atoms with Crippen molar-refractivity contribution in [2.24, 2.45) is 5.41 Å². The second-order valence-electron chi connectivity index (χ2n) is 5.65. The van der Waals surface area contributed by atoms with Gasteiger partial charge in [-0.2, -0.15) is 24.4 Å². The lowest BCUT2D eigenvalue weighted by Crippen LogP contribution is -2.43. The molecular weight excluding hydrogens is 234 g/mol. The van der Waals surface area contributed by atoms with E-state index < -0.39 is 0 Å². The van der Waals surface area contributed by atoms with Crippen LogP contribution in [0, 0.1) is 5.41 Å². The van der Waals surface area contributed by atoms with Gasteiger partial charge in [0.05, 0.1) is 0 Å². The van der Waals surface area contributed by atoms with Crippen LogP contribution in [0.1, 0.15) is 38.5 Å². The third-order valence-electron chi connectivity index (χ3n) is 4.36. The van der Waals surface area contributed by atoms with Gasteiger partial charge in [-0.25, -0.2) is 0 Å². The van der Waals surface area contributed by atoms with Gasteiger partial charge in [0.15, 0.2) is 0 Å². The molecule has 1 heterocycles. The Labute approximate surface area is 110 Å². The average Bonchev–Trinajstić information content (AvgIpc) is 2.84. The lowest BCUT2D eigenvalue weighted by molar-refractivity contribution is 0.122. The molecule has 0 radical (unpaired) electrons. The smallest absolute Gasteiger partial charge is 0.0191 e. The molecule has 16 heavy (non-hydrogen) atoms. The van der Waals surface area contributed by atoms with Crippen molar-refractivity contribution in [1.29, 1.82) is 0 Å². The SMILES string of the molecule is CN(CC1(CS)CCCCC1)C1CCSC1. The van der Waals surface area contributed by atoms with Crippen molar-refractivity contribution in [3.8, 4) is 0 Å². The quantitative estimate of drug-likeness (QED) is 0.772. The number of rotatable bonds is 4. The predicted octanol–water partition coefficient (Wildman–Crippen LogP) is 3.30. The average molecular weight is 259 g/mol. The highest BCUT2D eigenvalue weighted by Crippen LogP contribution is 2.38. The highest BCUT2D eigenvalue weighted by Gasteiger charge is 2.33. The van der Waals surface area contributed by atoms with E-state index in [0.717, 1.165) is 11.8 Å². The first-order chi connectivity index (χ1) is 7.76. The molecule has 0 N–H and O–H groups in total. The lowest BCUT2D eigenvalue weighted by atomic mass is 9.75. The zero-order valence-electron chi connectivity index (χ0n) is 10.5. The lowest BCUT2D eigenvalue weighted by Gasteiger charge is -2.40. The number of hydrogen-bond donors (Lipinski definition) is 1. The van der Waals surface area contributed by atoms with E-state index >= 15 is 0 Å². The Kier molecular flexibility index (Phi) is 4.92. The van der Waals surface area contributed by atoms with Gasteiger partial charge < -0.3 is 4.90 Å². The zero-order valence-corrected chi connectivity index (χ0v) is 12.2. The highest BCUT2D eigenvalue weighted by atomic mass is 32.2. The second-order valence-corrected chi connectivity index (χ2v) is 7.12. The molecule has 2 rings (SSSR count). The number of thioether (sulfide) groups is 1. The van der Waals surface area contributed by atoms with E-state index in [1.54, 1.807) is 0 Å². The largest absolute Gasteiger partial charge is 0.302 e. The maximum absolute atomic E-state index is 4.63. The van der Waals surface area contributed by atoms with E-state index in [1.807, 2.05) is 0 Å². The summed E-state index contributed by atoms with van der Waals surface area (Å²) < 4.78 is 0. The van der Waals surface area contributed by atoms with Crippen LogP contribution in [0.5, 0.6) is 0 Å². The van der Waals surface area contributed by atoms with Crippen molar-refractivity contribution in [1.82, 2.24) is 4.90 Å². The van der Waals surface area contributed by atoms with Gasteiger partial charge in [-0.15, -0.1) is 0 Å². The summed E-state index contributed by atoms with van der Waals surface area (Å²) in [6.07, 6.45) is 8.49. The fraction of sp³-hybridized carbons (Fsp3) is 1.00. The molecule has 0 spiro atoms. The molecule has 94 valence electrons. The van der Waals surface area contributed by atoms with Crippen LogP contribution in [0.3, 0.4) is 0 Å². The van der Waals surface area contributed by atoms with E-state index in [4.69, 9.17) is 0 Å². The summed E-state index contributed by atoms with van der Waals surface area (Å²) in [5.41, 5.74) is 0.531. The fourth-order valence-corrected chi connectivity index (χ4v) is 4.91. The van der Waals surface area contributed by atoms with E-state index in [2.05, 4.69) is 36.3 Å². The highest BCUT2D eigenvalue weighted by molar-refractivity contribution is 7.99. The third-order valence-corrected chi connectivity index (χ3v) is 6.18. The molecule has 1 nitrogen and oxygen atoms in total. The summed E-state index contributed by atoms with van der Waals surface area (Å²) in [4.78, 5) is 2.63. The van der Waals surface area contributed by atoms with Gasteiger partial charge in [-0.3, -0.25) is 0 Å². The van der Waals surface area contributed by atoms with Gasteiger partial charge in [-0.1, -0.05) is 19.3 Å². The third kappa shape index (κ3) is 3.11. The van der Waals surface area contributed by atoms with E-state index in [9.17, 15) is 0 Å². The molecule has 0 aromatic carbocycles. The van der Waals surface area contributed by atoms with Crippen molar-refractivity contribution in [2.75, 3.05) is 30.9 Å². The van der Waals surface area contributed by atoms with Crippen molar-refractivity contribution in [3.05, 3.63) is 0 Å².